The number of ketones is 1. The van der Waals surface area contributed by atoms with E-state index in [1.807, 2.05) is 37.5 Å². The quantitative estimate of drug-likeness (QED) is 0.784. The van der Waals surface area contributed by atoms with Gasteiger partial charge in [-0.2, -0.15) is 5.10 Å². The van der Waals surface area contributed by atoms with Crippen molar-refractivity contribution in [3.8, 4) is 11.3 Å². The van der Waals surface area contributed by atoms with Gasteiger partial charge < -0.3 is 10.6 Å². The number of carbonyl (C=O) groups excluding carboxylic acids is 1. The first-order valence-corrected chi connectivity index (χ1v) is 6.64. The number of rotatable bonds is 6. The summed E-state index contributed by atoms with van der Waals surface area (Å²) in [5.41, 5.74) is 9.20. The van der Waals surface area contributed by atoms with Gasteiger partial charge in [0.15, 0.2) is 5.78 Å². The molecule has 106 valence electrons. The number of likely N-dealkylation sites (N-methyl/N-ethyl adjacent to an activating group) is 1. The van der Waals surface area contributed by atoms with E-state index in [4.69, 9.17) is 5.73 Å². The molecule has 5 heteroatoms. The van der Waals surface area contributed by atoms with Gasteiger partial charge in [-0.3, -0.25) is 9.89 Å². The van der Waals surface area contributed by atoms with E-state index >= 15 is 0 Å². The Hall–Kier alpha value is -1.98. The molecule has 1 aromatic carbocycles. The molecule has 0 saturated carbocycles. The number of nitrogens with one attached hydrogen (secondary N) is 1. The maximum absolute atomic E-state index is 11.5. The van der Waals surface area contributed by atoms with Crippen molar-refractivity contribution in [2.75, 3.05) is 20.1 Å². The first-order chi connectivity index (χ1) is 9.61. The molecular weight excluding hydrogens is 252 g/mol. The average molecular weight is 272 g/mol. The molecular formula is C15H20N4O. The third-order valence-corrected chi connectivity index (χ3v) is 3.21. The number of benzene rings is 1. The van der Waals surface area contributed by atoms with E-state index in [-0.39, 0.29) is 5.78 Å². The van der Waals surface area contributed by atoms with Gasteiger partial charge in [0.1, 0.15) is 0 Å². The summed E-state index contributed by atoms with van der Waals surface area (Å²) in [6.07, 6.45) is 1.89. The second-order valence-corrected chi connectivity index (χ2v) is 4.92. The van der Waals surface area contributed by atoms with Crippen LogP contribution in [-0.2, 0) is 6.54 Å². The fraction of sp³-hybridized carbons (Fsp3) is 0.333. The van der Waals surface area contributed by atoms with E-state index in [1.54, 1.807) is 6.92 Å². The third-order valence-electron chi connectivity index (χ3n) is 3.21. The summed E-state index contributed by atoms with van der Waals surface area (Å²) >= 11 is 0. The Bertz CT molecular complexity index is 591. The monoisotopic (exact) mass is 272 g/mol. The van der Waals surface area contributed by atoms with Crippen molar-refractivity contribution >= 4 is 5.78 Å². The maximum Gasteiger partial charge on any atom is 0.159 e. The molecule has 20 heavy (non-hydrogen) atoms. The van der Waals surface area contributed by atoms with E-state index in [9.17, 15) is 4.79 Å². The van der Waals surface area contributed by atoms with Gasteiger partial charge in [-0.15, -0.1) is 0 Å². The van der Waals surface area contributed by atoms with Crippen molar-refractivity contribution in [2.45, 2.75) is 13.5 Å². The van der Waals surface area contributed by atoms with E-state index in [2.05, 4.69) is 15.1 Å². The normalized spacial score (nSPS) is 11.0. The fourth-order valence-electron chi connectivity index (χ4n) is 2.16. The van der Waals surface area contributed by atoms with Crippen LogP contribution in [0.4, 0.5) is 0 Å². The summed E-state index contributed by atoms with van der Waals surface area (Å²) in [6.45, 7) is 3.80. The molecule has 0 aliphatic rings. The van der Waals surface area contributed by atoms with Crippen molar-refractivity contribution in [3.63, 3.8) is 0 Å². The summed E-state index contributed by atoms with van der Waals surface area (Å²) < 4.78 is 0. The third kappa shape index (κ3) is 3.31. The molecule has 0 aliphatic heterocycles. The first-order valence-electron chi connectivity index (χ1n) is 6.64. The molecule has 0 spiro atoms. The molecule has 0 atom stereocenters. The average Bonchev–Trinajstić information content (AvgIpc) is 2.87. The van der Waals surface area contributed by atoms with Crippen LogP contribution in [0.15, 0.2) is 30.5 Å². The van der Waals surface area contributed by atoms with E-state index in [0.717, 1.165) is 29.9 Å². The van der Waals surface area contributed by atoms with Crippen LogP contribution in [0.3, 0.4) is 0 Å². The Labute approximate surface area is 118 Å². The lowest BCUT2D eigenvalue weighted by Gasteiger charge is -2.15. The minimum absolute atomic E-state index is 0.0594. The lowest BCUT2D eigenvalue weighted by atomic mass is 10.0. The number of H-pyrrole nitrogens is 1. The van der Waals surface area contributed by atoms with Crippen molar-refractivity contribution in [1.82, 2.24) is 15.1 Å². The largest absolute Gasteiger partial charge is 0.329 e. The Balaban J connectivity index is 2.27. The maximum atomic E-state index is 11.5. The highest BCUT2D eigenvalue weighted by Crippen LogP contribution is 2.23. The molecule has 0 aliphatic carbocycles. The molecule has 0 amide bonds. The highest BCUT2D eigenvalue weighted by Gasteiger charge is 2.11. The van der Waals surface area contributed by atoms with Crippen molar-refractivity contribution in [3.05, 3.63) is 41.6 Å². The van der Waals surface area contributed by atoms with Crippen LogP contribution >= 0.6 is 0 Å². The predicted molar refractivity (Wildman–Crippen MR) is 79.4 cm³/mol. The molecule has 0 fully saturated rings. The zero-order valence-electron chi connectivity index (χ0n) is 11.9. The van der Waals surface area contributed by atoms with Gasteiger partial charge in [-0.05, 0) is 20.0 Å². The van der Waals surface area contributed by atoms with Gasteiger partial charge in [-0.1, -0.05) is 18.2 Å². The first kappa shape index (κ1) is 14.4. The minimum atomic E-state index is 0.0594. The van der Waals surface area contributed by atoms with Gasteiger partial charge in [0.05, 0.1) is 5.69 Å². The van der Waals surface area contributed by atoms with Crippen LogP contribution in [0.25, 0.3) is 11.3 Å². The standard InChI is InChI=1S/C15H20N4O/c1-11(20)12-4-3-5-13(8-12)15-14(9-17-18-15)10-19(2)7-6-16/h3-5,8-9H,6-7,10,16H2,1-2H3,(H,17,18). The highest BCUT2D eigenvalue weighted by molar-refractivity contribution is 5.95. The molecule has 2 aromatic rings. The van der Waals surface area contributed by atoms with Gasteiger partial charge in [0.2, 0.25) is 0 Å². The summed E-state index contributed by atoms with van der Waals surface area (Å²) in [4.78, 5) is 13.6. The Morgan fingerprint density at radius 1 is 1.45 bits per heavy atom. The Morgan fingerprint density at radius 2 is 2.25 bits per heavy atom. The van der Waals surface area contributed by atoms with E-state index in [1.165, 1.54) is 0 Å². The molecule has 2 rings (SSSR count). The van der Waals surface area contributed by atoms with Crippen molar-refractivity contribution in [1.29, 1.82) is 0 Å². The molecule has 5 nitrogen and oxygen atoms in total. The van der Waals surface area contributed by atoms with Crippen LogP contribution in [0, 0.1) is 0 Å². The number of Topliss-reactive ketones (excluding diaryl/α,β-unsaturated/α-hetero) is 1. The molecule has 3 N–H and O–H groups in total. The van der Waals surface area contributed by atoms with Crippen LogP contribution in [0.1, 0.15) is 22.8 Å². The van der Waals surface area contributed by atoms with E-state index in [0.29, 0.717) is 12.1 Å². The number of hydrogen-bond donors (Lipinski definition) is 2. The summed E-state index contributed by atoms with van der Waals surface area (Å²) in [6, 6.07) is 7.55. The Kier molecular flexibility index (Phi) is 4.65. The summed E-state index contributed by atoms with van der Waals surface area (Å²) in [7, 11) is 2.02. The molecule has 0 bridgehead atoms. The molecule has 0 radical (unpaired) electrons. The number of hydrogen-bond acceptors (Lipinski definition) is 4. The fourth-order valence-corrected chi connectivity index (χ4v) is 2.16. The topological polar surface area (TPSA) is 75.0 Å². The van der Waals surface area contributed by atoms with Gasteiger partial charge in [0.25, 0.3) is 0 Å². The second kappa shape index (κ2) is 6.45. The number of aromatic amines is 1. The Morgan fingerprint density at radius 3 is 2.95 bits per heavy atom. The number of carbonyl (C=O) groups is 1. The second-order valence-electron chi connectivity index (χ2n) is 4.92. The van der Waals surface area contributed by atoms with Gasteiger partial charge >= 0.3 is 0 Å². The van der Waals surface area contributed by atoms with Gasteiger partial charge in [0, 0.05) is 42.5 Å². The van der Waals surface area contributed by atoms with Crippen LogP contribution < -0.4 is 5.73 Å². The van der Waals surface area contributed by atoms with Crippen LogP contribution in [0.5, 0.6) is 0 Å². The number of aromatic nitrogens is 2. The lowest BCUT2D eigenvalue weighted by Crippen LogP contribution is -2.25. The van der Waals surface area contributed by atoms with Crippen molar-refractivity contribution in [2.24, 2.45) is 5.73 Å². The van der Waals surface area contributed by atoms with Gasteiger partial charge in [-0.25, -0.2) is 0 Å². The number of nitrogens with two attached hydrogens (primary N) is 1. The highest BCUT2D eigenvalue weighted by atomic mass is 16.1. The number of nitrogens with zero attached hydrogens (tertiary/aromatic N) is 2. The molecule has 1 heterocycles. The van der Waals surface area contributed by atoms with E-state index < -0.39 is 0 Å². The molecule has 0 saturated heterocycles. The van der Waals surface area contributed by atoms with Crippen LogP contribution in [-0.4, -0.2) is 41.0 Å². The summed E-state index contributed by atoms with van der Waals surface area (Å²) in [5, 5.41) is 7.21. The summed E-state index contributed by atoms with van der Waals surface area (Å²) in [5.74, 6) is 0.0594. The zero-order chi connectivity index (χ0) is 14.5. The van der Waals surface area contributed by atoms with Crippen LogP contribution in [0.2, 0.25) is 0 Å². The zero-order valence-corrected chi connectivity index (χ0v) is 11.9. The molecule has 0 unspecified atom stereocenters. The van der Waals surface area contributed by atoms with Crippen molar-refractivity contribution < 1.29 is 4.79 Å². The predicted octanol–water partition coefficient (Wildman–Crippen LogP) is 1.67. The lowest BCUT2D eigenvalue weighted by molar-refractivity contribution is 0.101. The SMILES string of the molecule is CC(=O)c1cccc(-c2n[nH]cc2CN(C)CCN)c1. The molecule has 1 aromatic heterocycles. The minimum Gasteiger partial charge on any atom is -0.329 e. The smallest absolute Gasteiger partial charge is 0.159 e.